The normalized spacial score (nSPS) is 45.0. The van der Waals surface area contributed by atoms with Crippen LogP contribution in [0, 0.1) is 0 Å². The van der Waals surface area contributed by atoms with Gasteiger partial charge in [-0.3, -0.25) is 0 Å². The van der Waals surface area contributed by atoms with Gasteiger partial charge in [0.25, 0.3) is 0 Å². The molecule has 3 aliphatic rings. The summed E-state index contributed by atoms with van der Waals surface area (Å²) in [5, 5.41) is 0. The van der Waals surface area contributed by atoms with E-state index in [-0.39, 0.29) is 12.1 Å². The lowest BCUT2D eigenvalue weighted by atomic mass is 10.1. The molecule has 3 heterocycles. The van der Waals surface area contributed by atoms with Crippen molar-refractivity contribution < 1.29 is 28.5 Å². The van der Waals surface area contributed by atoms with Crippen molar-refractivity contribution in [2.24, 2.45) is 0 Å². The Bertz CT molecular complexity index is 377. The van der Waals surface area contributed by atoms with Crippen LogP contribution < -0.4 is 0 Å². The molecule has 0 N–H and O–H groups in total. The van der Waals surface area contributed by atoms with Gasteiger partial charge in [0, 0.05) is 0 Å². The summed E-state index contributed by atoms with van der Waals surface area (Å²) in [7, 11) is 0. The highest BCUT2D eigenvalue weighted by molar-refractivity contribution is 5.78. The van der Waals surface area contributed by atoms with Crippen LogP contribution in [-0.2, 0) is 28.5 Å². The van der Waals surface area contributed by atoms with Gasteiger partial charge >= 0.3 is 5.97 Å². The van der Waals surface area contributed by atoms with Gasteiger partial charge in [-0.15, -0.1) is 0 Å². The smallest absolute Gasteiger partial charge is 0.338 e. The summed E-state index contributed by atoms with van der Waals surface area (Å²) in [6.45, 7) is 7.61. The monoisotopic (exact) mass is 258 g/mol. The second-order valence-electron chi connectivity index (χ2n) is 5.79. The molecule has 0 amide bonds. The molecular formula is C12H18O6. The molecule has 0 aromatic heterocycles. The van der Waals surface area contributed by atoms with E-state index in [2.05, 4.69) is 0 Å². The number of carbonyl (C=O) groups is 1. The molecule has 3 aliphatic heterocycles. The highest BCUT2D eigenvalue weighted by Crippen LogP contribution is 2.39. The summed E-state index contributed by atoms with van der Waals surface area (Å²) in [5.74, 6) is -1.80. The van der Waals surface area contributed by atoms with Gasteiger partial charge < -0.3 is 23.7 Å². The topological polar surface area (TPSA) is 63.2 Å². The second kappa shape index (κ2) is 3.66. The summed E-state index contributed by atoms with van der Waals surface area (Å²) >= 11 is 0. The number of hydrogen-bond donors (Lipinski definition) is 0. The molecule has 3 rings (SSSR count). The zero-order valence-corrected chi connectivity index (χ0v) is 11.0. The van der Waals surface area contributed by atoms with E-state index in [4.69, 9.17) is 23.7 Å². The molecule has 4 atom stereocenters. The van der Waals surface area contributed by atoms with Gasteiger partial charge in [0.2, 0.25) is 0 Å². The average molecular weight is 258 g/mol. The van der Waals surface area contributed by atoms with E-state index in [1.165, 1.54) is 0 Å². The molecule has 2 unspecified atom stereocenters. The molecular weight excluding hydrogens is 240 g/mol. The van der Waals surface area contributed by atoms with Crippen molar-refractivity contribution in [2.45, 2.75) is 63.7 Å². The number of carbonyl (C=O) groups excluding carboxylic acids is 1. The Hall–Kier alpha value is -0.690. The first-order chi connectivity index (χ1) is 8.27. The van der Waals surface area contributed by atoms with Crippen molar-refractivity contribution in [3.63, 3.8) is 0 Å². The maximum atomic E-state index is 11.7. The van der Waals surface area contributed by atoms with Gasteiger partial charge in [0.05, 0.1) is 6.61 Å². The van der Waals surface area contributed by atoms with E-state index in [1.807, 2.05) is 13.8 Å². The largest absolute Gasteiger partial charge is 0.455 e. The zero-order valence-electron chi connectivity index (χ0n) is 11.0. The maximum Gasteiger partial charge on any atom is 0.338 e. The van der Waals surface area contributed by atoms with Crippen LogP contribution in [0.3, 0.4) is 0 Å². The van der Waals surface area contributed by atoms with E-state index in [0.717, 1.165) is 0 Å². The third-order valence-corrected chi connectivity index (χ3v) is 3.33. The Labute approximate surface area is 105 Å². The van der Waals surface area contributed by atoms with Gasteiger partial charge in [0.1, 0.15) is 12.2 Å². The summed E-state index contributed by atoms with van der Waals surface area (Å²) < 4.78 is 27.8. The first-order valence-electron chi connectivity index (χ1n) is 6.15. The number of hydrogen-bond acceptors (Lipinski definition) is 6. The van der Waals surface area contributed by atoms with Gasteiger partial charge in [-0.25, -0.2) is 4.79 Å². The summed E-state index contributed by atoms with van der Waals surface area (Å²) in [6, 6.07) is 0. The van der Waals surface area contributed by atoms with Gasteiger partial charge in [-0.2, -0.15) is 0 Å². The molecule has 0 bridgehead atoms. The molecule has 3 fully saturated rings. The van der Waals surface area contributed by atoms with E-state index in [0.29, 0.717) is 6.61 Å². The van der Waals surface area contributed by atoms with Crippen LogP contribution in [0.5, 0.6) is 0 Å². The molecule has 3 saturated heterocycles. The molecule has 0 saturated carbocycles. The number of rotatable bonds is 1. The number of cyclic esters (lactones) is 1. The maximum absolute atomic E-state index is 11.7. The molecule has 0 aromatic rings. The van der Waals surface area contributed by atoms with E-state index >= 15 is 0 Å². The number of esters is 1. The predicted octanol–water partition coefficient (Wildman–Crippen LogP) is 0.583. The van der Waals surface area contributed by atoms with Crippen LogP contribution in [0.1, 0.15) is 27.7 Å². The molecule has 18 heavy (non-hydrogen) atoms. The van der Waals surface area contributed by atoms with Crippen molar-refractivity contribution in [1.29, 1.82) is 0 Å². The molecule has 0 radical (unpaired) electrons. The molecule has 0 aromatic carbocycles. The highest BCUT2D eigenvalue weighted by Gasteiger charge is 2.59. The molecule has 0 spiro atoms. The third-order valence-electron chi connectivity index (χ3n) is 3.33. The Kier molecular flexibility index (Phi) is 2.51. The van der Waals surface area contributed by atoms with Crippen LogP contribution in [0.25, 0.3) is 0 Å². The molecule has 6 heteroatoms. The third kappa shape index (κ3) is 1.93. The number of ether oxygens (including phenoxy) is 5. The zero-order chi connectivity index (χ0) is 13.1. The Morgan fingerprint density at radius 1 is 1.00 bits per heavy atom. The van der Waals surface area contributed by atoms with Gasteiger partial charge in [-0.1, -0.05) is 0 Å². The fourth-order valence-corrected chi connectivity index (χ4v) is 2.64. The fraction of sp³-hybridized carbons (Fsp3) is 0.917. The first kappa shape index (κ1) is 12.3. The average Bonchev–Trinajstić information content (AvgIpc) is 2.81. The van der Waals surface area contributed by atoms with Crippen molar-refractivity contribution >= 4 is 5.97 Å². The summed E-state index contributed by atoms with van der Waals surface area (Å²) in [6.07, 6.45) is -1.85. The minimum Gasteiger partial charge on any atom is -0.455 e. The lowest BCUT2D eigenvalue weighted by Gasteiger charge is -2.25. The second-order valence-corrected chi connectivity index (χ2v) is 5.79. The minimum absolute atomic E-state index is 0.309. The van der Waals surface area contributed by atoms with Crippen LogP contribution in [0.2, 0.25) is 0 Å². The summed E-state index contributed by atoms with van der Waals surface area (Å²) in [4.78, 5) is 11.7. The Morgan fingerprint density at radius 2 is 1.72 bits per heavy atom. The molecule has 102 valence electrons. The van der Waals surface area contributed by atoms with Crippen molar-refractivity contribution in [3.05, 3.63) is 0 Å². The lowest BCUT2D eigenvalue weighted by molar-refractivity contribution is -0.200. The van der Waals surface area contributed by atoms with Crippen molar-refractivity contribution in [2.75, 3.05) is 6.61 Å². The predicted molar refractivity (Wildman–Crippen MR) is 58.6 cm³/mol. The van der Waals surface area contributed by atoms with E-state index in [9.17, 15) is 4.79 Å². The quantitative estimate of drug-likeness (QED) is 0.641. The fourth-order valence-electron chi connectivity index (χ4n) is 2.64. The van der Waals surface area contributed by atoms with Crippen molar-refractivity contribution in [1.82, 2.24) is 0 Å². The highest BCUT2D eigenvalue weighted by atomic mass is 16.8. The Balaban J connectivity index is 1.77. The van der Waals surface area contributed by atoms with E-state index in [1.54, 1.807) is 13.8 Å². The van der Waals surface area contributed by atoms with Gasteiger partial charge in [-0.05, 0) is 27.7 Å². The minimum atomic E-state index is -0.762. The lowest BCUT2D eigenvalue weighted by Crippen LogP contribution is -2.40. The standard InChI is InChI=1S/C12H18O6/c1-11(2)14-5-6(16-11)7-8-9(10(13)15-7)18-12(3,4)17-8/h6-9H,5H2,1-4H3/t6?,7?,8-,9-/m1/s1. The van der Waals surface area contributed by atoms with Crippen LogP contribution in [0.15, 0.2) is 0 Å². The van der Waals surface area contributed by atoms with Crippen LogP contribution in [0.4, 0.5) is 0 Å². The Morgan fingerprint density at radius 3 is 2.33 bits per heavy atom. The summed E-state index contributed by atoms with van der Waals surface area (Å²) in [5.41, 5.74) is 0. The van der Waals surface area contributed by atoms with Crippen molar-refractivity contribution in [3.8, 4) is 0 Å². The molecule has 0 aliphatic carbocycles. The first-order valence-corrected chi connectivity index (χ1v) is 6.15. The SMILES string of the molecule is CC1(C)OCC(C2OC(=O)[C@@H]3OC(C)(C)O[C@H]23)O1. The van der Waals surface area contributed by atoms with Crippen LogP contribution >= 0.6 is 0 Å². The van der Waals surface area contributed by atoms with E-state index < -0.39 is 29.9 Å². The van der Waals surface area contributed by atoms with Crippen LogP contribution in [-0.4, -0.2) is 48.6 Å². The van der Waals surface area contributed by atoms with Gasteiger partial charge in [0.15, 0.2) is 23.8 Å². The molecule has 6 nitrogen and oxygen atoms in total. The number of fused-ring (bicyclic) bond motifs is 1.